The Bertz CT molecular complexity index is 727. The minimum atomic E-state index is 0.412. The first-order chi connectivity index (χ1) is 9.74. The van der Waals surface area contributed by atoms with Crippen LogP contribution in [0.4, 0.5) is 5.69 Å². The van der Waals surface area contributed by atoms with E-state index in [0.29, 0.717) is 23.8 Å². The van der Waals surface area contributed by atoms with Crippen molar-refractivity contribution in [2.75, 3.05) is 5.73 Å². The van der Waals surface area contributed by atoms with Gasteiger partial charge in [0, 0.05) is 16.4 Å². The third-order valence-corrected chi connectivity index (χ3v) is 3.51. The average molecular weight is 331 g/mol. The molecule has 3 aromatic rings. The highest BCUT2D eigenvalue weighted by molar-refractivity contribution is 9.10. The minimum absolute atomic E-state index is 0.412. The Kier molecular flexibility index (Phi) is 3.47. The molecule has 0 amide bonds. The molecule has 100 valence electrons. The van der Waals surface area contributed by atoms with Crippen LogP contribution in [0, 0.1) is 0 Å². The van der Waals surface area contributed by atoms with Gasteiger partial charge < -0.3 is 10.3 Å². The number of nitrogens with zero attached hydrogens (tertiary/aromatic N) is 3. The zero-order valence-corrected chi connectivity index (χ0v) is 12.0. The van der Waals surface area contributed by atoms with Crippen LogP contribution in [-0.2, 0) is 6.42 Å². The third kappa shape index (κ3) is 2.55. The quantitative estimate of drug-likeness (QED) is 0.746. The largest absolute Gasteiger partial charge is 0.397 e. The van der Waals surface area contributed by atoms with Gasteiger partial charge in [-0.1, -0.05) is 17.3 Å². The first-order valence-electron chi connectivity index (χ1n) is 6.01. The number of nitrogen functional groups attached to an aromatic ring is 1. The number of pyridine rings is 1. The molecule has 0 fully saturated rings. The minimum Gasteiger partial charge on any atom is -0.397 e. The molecule has 2 N–H and O–H groups in total. The SMILES string of the molecule is Nc1c(Br)cccc1-c1nc(Cc2ccccn2)no1. The van der Waals surface area contributed by atoms with Gasteiger partial charge in [0.1, 0.15) is 0 Å². The van der Waals surface area contributed by atoms with Crippen molar-refractivity contribution in [1.29, 1.82) is 0 Å². The molecule has 0 radical (unpaired) electrons. The summed E-state index contributed by atoms with van der Waals surface area (Å²) in [6, 6.07) is 11.3. The second-order valence-electron chi connectivity index (χ2n) is 4.21. The molecule has 2 heterocycles. The molecule has 5 nitrogen and oxygen atoms in total. The smallest absolute Gasteiger partial charge is 0.260 e. The molecule has 0 saturated heterocycles. The second kappa shape index (κ2) is 5.42. The number of anilines is 1. The molecule has 0 saturated carbocycles. The van der Waals surface area contributed by atoms with Crippen molar-refractivity contribution in [2.45, 2.75) is 6.42 Å². The van der Waals surface area contributed by atoms with E-state index in [1.807, 2.05) is 36.4 Å². The lowest BCUT2D eigenvalue weighted by Crippen LogP contribution is -1.94. The van der Waals surface area contributed by atoms with E-state index in [2.05, 4.69) is 31.1 Å². The molecule has 0 aliphatic rings. The van der Waals surface area contributed by atoms with Gasteiger partial charge in [-0.25, -0.2) is 0 Å². The van der Waals surface area contributed by atoms with Crippen LogP contribution in [0.5, 0.6) is 0 Å². The van der Waals surface area contributed by atoms with Gasteiger partial charge in [-0.3, -0.25) is 4.98 Å². The van der Waals surface area contributed by atoms with Gasteiger partial charge in [0.15, 0.2) is 5.82 Å². The lowest BCUT2D eigenvalue weighted by molar-refractivity contribution is 0.424. The highest BCUT2D eigenvalue weighted by Crippen LogP contribution is 2.30. The first-order valence-corrected chi connectivity index (χ1v) is 6.80. The van der Waals surface area contributed by atoms with Gasteiger partial charge in [-0.15, -0.1) is 0 Å². The molecule has 1 aromatic carbocycles. The van der Waals surface area contributed by atoms with Crippen molar-refractivity contribution in [2.24, 2.45) is 0 Å². The van der Waals surface area contributed by atoms with Crippen LogP contribution in [0.2, 0.25) is 0 Å². The molecule has 2 aromatic heterocycles. The van der Waals surface area contributed by atoms with Crippen molar-refractivity contribution in [3.63, 3.8) is 0 Å². The molecule has 0 unspecified atom stereocenters. The maximum atomic E-state index is 5.99. The maximum absolute atomic E-state index is 5.99. The molecule has 0 bridgehead atoms. The zero-order chi connectivity index (χ0) is 13.9. The van der Waals surface area contributed by atoms with E-state index in [-0.39, 0.29) is 0 Å². The van der Waals surface area contributed by atoms with Crippen LogP contribution in [0.25, 0.3) is 11.5 Å². The molecule has 6 heteroatoms. The monoisotopic (exact) mass is 330 g/mol. The van der Waals surface area contributed by atoms with E-state index in [4.69, 9.17) is 10.3 Å². The van der Waals surface area contributed by atoms with Gasteiger partial charge in [-0.05, 0) is 40.2 Å². The van der Waals surface area contributed by atoms with Crippen molar-refractivity contribution < 1.29 is 4.52 Å². The summed E-state index contributed by atoms with van der Waals surface area (Å²) in [6.07, 6.45) is 2.26. The second-order valence-corrected chi connectivity index (χ2v) is 5.07. The summed E-state index contributed by atoms with van der Waals surface area (Å²) in [5, 5.41) is 3.96. The number of nitrogens with two attached hydrogens (primary N) is 1. The lowest BCUT2D eigenvalue weighted by atomic mass is 10.2. The fraction of sp³-hybridized carbons (Fsp3) is 0.0714. The van der Waals surface area contributed by atoms with Gasteiger partial charge in [0.05, 0.1) is 17.7 Å². The van der Waals surface area contributed by atoms with Gasteiger partial charge >= 0.3 is 0 Å². The van der Waals surface area contributed by atoms with Gasteiger partial charge in [-0.2, -0.15) is 4.98 Å². The summed E-state index contributed by atoms with van der Waals surface area (Å²) in [6.45, 7) is 0. The molecule has 0 atom stereocenters. The number of benzene rings is 1. The fourth-order valence-corrected chi connectivity index (χ4v) is 2.19. The topological polar surface area (TPSA) is 77.8 Å². The first kappa shape index (κ1) is 12.8. The van der Waals surface area contributed by atoms with Gasteiger partial charge in [0.25, 0.3) is 5.89 Å². The molecule has 3 rings (SSSR count). The number of rotatable bonds is 3. The van der Waals surface area contributed by atoms with E-state index in [1.165, 1.54) is 0 Å². The van der Waals surface area contributed by atoms with E-state index in [9.17, 15) is 0 Å². The Balaban J connectivity index is 1.89. The van der Waals surface area contributed by atoms with Crippen LogP contribution in [0.3, 0.4) is 0 Å². The third-order valence-electron chi connectivity index (χ3n) is 2.82. The number of aromatic nitrogens is 3. The van der Waals surface area contributed by atoms with Crippen molar-refractivity contribution >= 4 is 21.6 Å². The normalized spacial score (nSPS) is 10.7. The van der Waals surface area contributed by atoms with E-state index < -0.39 is 0 Å². The highest BCUT2D eigenvalue weighted by Gasteiger charge is 2.13. The average Bonchev–Trinajstić information content (AvgIpc) is 2.91. The number of para-hydroxylation sites is 1. The summed E-state index contributed by atoms with van der Waals surface area (Å²) >= 11 is 3.38. The van der Waals surface area contributed by atoms with Gasteiger partial charge in [0.2, 0.25) is 0 Å². The number of hydrogen-bond donors (Lipinski definition) is 1. The molecule has 0 spiro atoms. The van der Waals surface area contributed by atoms with Crippen LogP contribution in [-0.4, -0.2) is 15.1 Å². The molecule has 0 aliphatic heterocycles. The molecule has 20 heavy (non-hydrogen) atoms. The van der Waals surface area contributed by atoms with Crippen LogP contribution in [0.15, 0.2) is 51.6 Å². The summed E-state index contributed by atoms with van der Waals surface area (Å²) in [5.41, 5.74) is 8.19. The lowest BCUT2D eigenvalue weighted by Gasteiger charge is -2.01. The molecular formula is C14H11BrN4O. The highest BCUT2D eigenvalue weighted by atomic mass is 79.9. The number of halogens is 1. The predicted octanol–water partition coefficient (Wildman–Crippen LogP) is 3.07. The zero-order valence-electron chi connectivity index (χ0n) is 10.5. The Labute approximate surface area is 124 Å². The Hall–Kier alpha value is -2.21. The Morgan fingerprint density at radius 1 is 1.15 bits per heavy atom. The predicted molar refractivity (Wildman–Crippen MR) is 78.9 cm³/mol. The van der Waals surface area contributed by atoms with Crippen LogP contribution >= 0.6 is 15.9 Å². The summed E-state index contributed by atoms with van der Waals surface area (Å²) in [5.74, 6) is 0.993. The van der Waals surface area contributed by atoms with Crippen LogP contribution < -0.4 is 5.73 Å². The number of hydrogen-bond acceptors (Lipinski definition) is 5. The van der Waals surface area contributed by atoms with Crippen molar-refractivity contribution in [1.82, 2.24) is 15.1 Å². The Morgan fingerprint density at radius 2 is 2.05 bits per heavy atom. The fourth-order valence-electron chi connectivity index (χ4n) is 1.82. The van der Waals surface area contributed by atoms with Crippen molar-refractivity contribution in [3.05, 3.63) is 58.6 Å². The molecular weight excluding hydrogens is 320 g/mol. The summed E-state index contributed by atoms with van der Waals surface area (Å²) in [4.78, 5) is 8.59. The van der Waals surface area contributed by atoms with E-state index in [0.717, 1.165) is 15.7 Å². The maximum Gasteiger partial charge on any atom is 0.260 e. The Morgan fingerprint density at radius 3 is 2.85 bits per heavy atom. The van der Waals surface area contributed by atoms with E-state index in [1.54, 1.807) is 6.20 Å². The van der Waals surface area contributed by atoms with Crippen LogP contribution in [0.1, 0.15) is 11.5 Å². The standard InChI is InChI=1S/C14H11BrN4O/c15-11-6-3-5-10(13(11)16)14-18-12(19-20-14)8-9-4-1-2-7-17-9/h1-7H,8,16H2. The summed E-state index contributed by atoms with van der Waals surface area (Å²) in [7, 11) is 0. The van der Waals surface area contributed by atoms with Crippen molar-refractivity contribution in [3.8, 4) is 11.5 Å². The summed E-state index contributed by atoms with van der Waals surface area (Å²) < 4.78 is 6.07. The van der Waals surface area contributed by atoms with E-state index >= 15 is 0 Å². The molecule has 0 aliphatic carbocycles.